The molecule has 45 heavy (non-hydrogen) atoms. The summed E-state index contributed by atoms with van der Waals surface area (Å²) in [6.45, 7) is 3.07. The van der Waals surface area contributed by atoms with Gasteiger partial charge in [-0.2, -0.15) is 0 Å². The molecule has 238 valence electrons. The first-order chi connectivity index (χ1) is 21.4. The second-order valence-electron chi connectivity index (χ2n) is 12.8. The van der Waals surface area contributed by atoms with Crippen LogP contribution in [0.15, 0.2) is 71.8 Å². The number of benzene rings is 2. The molecule has 2 aromatic rings. The highest BCUT2D eigenvalue weighted by molar-refractivity contribution is 6.12. The molecule has 0 aromatic heterocycles. The van der Waals surface area contributed by atoms with Gasteiger partial charge in [-0.15, -0.1) is 0 Å². The van der Waals surface area contributed by atoms with E-state index in [4.69, 9.17) is 20.6 Å². The molecule has 2 aromatic carbocycles. The molecule has 0 atom stereocenters. The quantitative estimate of drug-likeness (QED) is 0.140. The van der Waals surface area contributed by atoms with Crippen molar-refractivity contribution < 1.29 is 34.4 Å². The molecule has 0 unspecified atom stereocenters. The van der Waals surface area contributed by atoms with Crippen molar-refractivity contribution in [1.82, 2.24) is 10.6 Å². The van der Waals surface area contributed by atoms with Crippen molar-refractivity contribution in [2.45, 2.75) is 70.5 Å². The molecule has 1 spiro atoms. The van der Waals surface area contributed by atoms with Gasteiger partial charge in [-0.1, -0.05) is 12.1 Å². The summed E-state index contributed by atoms with van der Waals surface area (Å²) in [6.07, 6.45) is 8.98. The maximum atomic E-state index is 13.0. The summed E-state index contributed by atoms with van der Waals surface area (Å²) in [7, 11) is 0. The van der Waals surface area contributed by atoms with Crippen molar-refractivity contribution in [2.75, 3.05) is 6.61 Å². The number of amides is 2. The molecule has 1 aliphatic heterocycles. The molecule has 0 saturated heterocycles. The Labute approximate surface area is 261 Å². The van der Waals surface area contributed by atoms with Gasteiger partial charge in [-0.3, -0.25) is 9.59 Å². The van der Waals surface area contributed by atoms with E-state index in [1.807, 2.05) is 12.1 Å². The van der Waals surface area contributed by atoms with Gasteiger partial charge >= 0.3 is 0 Å². The van der Waals surface area contributed by atoms with Crippen molar-refractivity contribution in [3.05, 3.63) is 88.5 Å². The number of aliphatic hydroxyl groups is 3. The number of primary amides is 1. The number of rotatable bonds is 12. The SMILES string of the molecule is CC(C)(O)COC1=CN/C(=C(\C=N)C(=O)NC2CC3(C2)CC(Oc2cc(-c4cc(CO)cc(CO)c4)ccc2C(N)=O)C3)C=C1. The maximum absolute atomic E-state index is 13.0. The molecular formula is C34H40N4O7. The minimum Gasteiger partial charge on any atom is -0.490 e. The van der Waals surface area contributed by atoms with Crippen LogP contribution in [0.3, 0.4) is 0 Å². The monoisotopic (exact) mass is 616 g/mol. The van der Waals surface area contributed by atoms with Crippen LogP contribution in [0.4, 0.5) is 0 Å². The Hall–Kier alpha value is -4.45. The largest absolute Gasteiger partial charge is 0.490 e. The van der Waals surface area contributed by atoms with Gasteiger partial charge in [0.25, 0.3) is 11.8 Å². The summed E-state index contributed by atoms with van der Waals surface area (Å²) < 4.78 is 11.8. The second-order valence-corrected chi connectivity index (χ2v) is 12.8. The fourth-order valence-electron chi connectivity index (χ4n) is 6.16. The maximum Gasteiger partial charge on any atom is 0.255 e. The van der Waals surface area contributed by atoms with E-state index in [1.54, 1.807) is 56.5 Å². The van der Waals surface area contributed by atoms with E-state index in [1.165, 1.54) is 0 Å². The van der Waals surface area contributed by atoms with Gasteiger partial charge in [0.05, 0.1) is 41.8 Å². The van der Waals surface area contributed by atoms with Gasteiger partial charge in [0.15, 0.2) is 0 Å². The predicted octanol–water partition coefficient (Wildman–Crippen LogP) is 2.94. The highest BCUT2D eigenvalue weighted by atomic mass is 16.5. The lowest BCUT2D eigenvalue weighted by Gasteiger charge is -2.57. The third-order valence-electron chi connectivity index (χ3n) is 8.36. The summed E-state index contributed by atoms with van der Waals surface area (Å²) >= 11 is 0. The number of aliphatic hydroxyl groups excluding tert-OH is 2. The van der Waals surface area contributed by atoms with E-state index in [0.717, 1.165) is 43.0 Å². The van der Waals surface area contributed by atoms with Crippen LogP contribution < -0.4 is 21.1 Å². The Morgan fingerprint density at radius 3 is 2.31 bits per heavy atom. The number of allylic oxidation sites excluding steroid dienone is 2. The van der Waals surface area contributed by atoms with Crippen LogP contribution in [0, 0.1) is 10.8 Å². The minimum absolute atomic E-state index is 0.0215. The number of carbonyl (C=O) groups excluding carboxylic acids is 2. The topological polar surface area (TPSA) is 187 Å². The lowest BCUT2D eigenvalue weighted by Crippen LogP contribution is -2.59. The molecule has 2 fully saturated rings. The highest BCUT2D eigenvalue weighted by Crippen LogP contribution is 2.57. The van der Waals surface area contributed by atoms with Gasteiger partial charge in [-0.05, 0) is 104 Å². The minimum atomic E-state index is -0.977. The Kier molecular flexibility index (Phi) is 9.15. The van der Waals surface area contributed by atoms with E-state index < -0.39 is 11.5 Å². The van der Waals surface area contributed by atoms with Crippen LogP contribution in [0.5, 0.6) is 5.75 Å². The number of hydrogen-bond donors (Lipinski definition) is 7. The summed E-state index contributed by atoms with van der Waals surface area (Å²) in [5, 5.41) is 42.9. The van der Waals surface area contributed by atoms with Crippen molar-refractivity contribution >= 4 is 18.0 Å². The van der Waals surface area contributed by atoms with Gasteiger partial charge < -0.3 is 46.6 Å². The molecule has 11 nitrogen and oxygen atoms in total. The number of ether oxygens (including phenoxy) is 2. The van der Waals surface area contributed by atoms with Crippen LogP contribution in [-0.4, -0.2) is 57.7 Å². The number of nitrogens with two attached hydrogens (primary N) is 1. The van der Waals surface area contributed by atoms with Crippen LogP contribution >= 0.6 is 0 Å². The fourth-order valence-corrected chi connectivity index (χ4v) is 6.16. The normalized spacial score (nSPS) is 23.2. The van der Waals surface area contributed by atoms with Crippen molar-refractivity contribution in [3.8, 4) is 16.9 Å². The molecule has 0 radical (unpaired) electrons. The molecule has 3 aliphatic rings. The lowest BCUT2D eigenvalue weighted by molar-refractivity contribution is -0.123. The van der Waals surface area contributed by atoms with Crippen molar-refractivity contribution in [1.29, 1.82) is 5.41 Å². The van der Waals surface area contributed by atoms with Crippen LogP contribution in [0.1, 0.15) is 61.0 Å². The van der Waals surface area contributed by atoms with Gasteiger partial charge in [0, 0.05) is 18.5 Å². The average molecular weight is 617 g/mol. The molecule has 2 saturated carbocycles. The number of nitrogens with one attached hydrogen (secondary N) is 3. The van der Waals surface area contributed by atoms with E-state index >= 15 is 0 Å². The van der Waals surface area contributed by atoms with Crippen LogP contribution in [0.25, 0.3) is 11.1 Å². The Bertz CT molecular complexity index is 1550. The summed E-state index contributed by atoms with van der Waals surface area (Å²) in [6, 6.07) is 10.5. The first kappa shape index (κ1) is 32.0. The smallest absolute Gasteiger partial charge is 0.255 e. The molecule has 5 rings (SSSR count). The zero-order chi connectivity index (χ0) is 32.4. The van der Waals surface area contributed by atoms with Gasteiger partial charge in [0.1, 0.15) is 18.1 Å². The van der Waals surface area contributed by atoms with Crippen molar-refractivity contribution in [3.63, 3.8) is 0 Å². The predicted molar refractivity (Wildman–Crippen MR) is 168 cm³/mol. The Morgan fingerprint density at radius 1 is 1.07 bits per heavy atom. The number of hydrogen-bond acceptors (Lipinski definition) is 9. The zero-order valence-corrected chi connectivity index (χ0v) is 25.4. The molecule has 11 heteroatoms. The molecule has 1 heterocycles. The molecule has 8 N–H and O–H groups in total. The first-order valence-electron chi connectivity index (χ1n) is 14.9. The molecular weight excluding hydrogens is 576 g/mol. The second kappa shape index (κ2) is 12.9. The van der Waals surface area contributed by atoms with Gasteiger partial charge in [0.2, 0.25) is 0 Å². The van der Waals surface area contributed by atoms with Crippen LogP contribution in [0.2, 0.25) is 0 Å². The number of carbonyl (C=O) groups is 2. The molecule has 0 bridgehead atoms. The lowest BCUT2D eigenvalue weighted by atomic mass is 9.53. The highest BCUT2D eigenvalue weighted by Gasteiger charge is 2.54. The van der Waals surface area contributed by atoms with E-state index in [0.29, 0.717) is 28.3 Å². The molecule has 2 amide bonds. The first-order valence-corrected chi connectivity index (χ1v) is 14.9. The summed E-state index contributed by atoms with van der Waals surface area (Å²) in [5.74, 6) is -0.0310. The van der Waals surface area contributed by atoms with Crippen LogP contribution in [-0.2, 0) is 22.7 Å². The van der Waals surface area contributed by atoms with E-state index in [9.17, 15) is 24.9 Å². The zero-order valence-electron chi connectivity index (χ0n) is 25.4. The fraction of sp³-hybridized carbons (Fsp3) is 0.382. The molecule has 2 aliphatic carbocycles. The van der Waals surface area contributed by atoms with E-state index in [2.05, 4.69) is 10.6 Å². The van der Waals surface area contributed by atoms with Crippen molar-refractivity contribution in [2.24, 2.45) is 11.1 Å². The Morgan fingerprint density at radius 2 is 1.76 bits per heavy atom. The Balaban J connectivity index is 1.16. The average Bonchev–Trinajstić information content (AvgIpc) is 2.98. The summed E-state index contributed by atoms with van der Waals surface area (Å²) in [5.41, 5.74) is 8.56. The van der Waals surface area contributed by atoms with Gasteiger partial charge in [-0.25, -0.2) is 0 Å². The third-order valence-corrected chi connectivity index (χ3v) is 8.36. The standard InChI is InChI=1S/C34H40N4O7/c1-33(2,43)19-44-25-4-6-29(37-16-25)28(15-35)32(42)38-24-11-34(12-24)13-26(14-34)45-30-10-22(3-5-27(30)31(36)41)23-8-20(17-39)7-21(9-23)18-40/h3-10,15-16,24,26,35,37,39-40,43H,11-14,17-19H2,1-2H3,(H2,36,41)(H,38,42)/b29-28+,35-15?. The number of dihydropyridines is 1. The van der Waals surface area contributed by atoms with E-state index in [-0.39, 0.29) is 54.4 Å². The third kappa shape index (κ3) is 7.44. The summed E-state index contributed by atoms with van der Waals surface area (Å²) in [4.78, 5) is 25.2.